The Morgan fingerprint density at radius 2 is 1.76 bits per heavy atom. The van der Waals surface area contributed by atoms with Gasteiger partial charge in [-0.2, -0.15) is 5.26 Å². The normalized spacial score (nSPS) is 11.0. The highest BCUT2D eigenvalue weighted by Crippen LogP contribution is 2.28. The molecule has 0 saturated heterocycles. The first kappa shape index (κ1) is 25.6. The number of rotatable bonds is 9. The molecule has 0 bridgehead atoms. The van der Waals surface area contributed by atoms with Crippen LogP contribution in [0.4, 0.5) is 0 Å². The second-order valence-electron chi connectivity index (χ2n) is 8.19. The Kier molecular flexibility index (Phi) is 8.29. The average Bonchev–Trinajstić information content (AvgIpc) is 2.93. The van der Waals surface area contributed by atoms with Gasteiger partial charge in [0.2, 0.25) is 0 Å². The van der Waals surface area contributed by atoms with Gasteiger partial charge in [0.1, 0.15) is 35.5 Å². The zero-order valence-electron chi connectivity index (χ0n) is 20.5. The Hall–Kier alpha value is -4.47. The third-order valence-electron chi connectivity index (χ3n) is 5.77. The smallest absolute Gasteiger partial charge is 0.262 e. The number of carbonyl (C=O) groups is 1. The van der Waals surface area contributed by atoms with Gasteiger partial charge in [0.25, 0.3) is 5.91 Å². The highest BCUT2D eigenvalue weighted by atomic mass is 35.5. The Labute approximate surface area is 220 Å². The quantitative estimate of drug-likeness (QED) is 0.210. The molecule has 186 valence electrons. The molecular formula is C30H25ClN2O4. The van der Waals surface area contributed by atoms with E-state index in [0.29, 0.717) is 34.4 Å². The van der Waals surface area contributed by atoms with E-state index < -0.39 is 5.91 Å². The number of nitrogens with one attached hydrogen (secondary N) is 1. The van der Waals surface area contributed by atoms with Crippen molar-refractivity contribution in [1.29, 1.82) is 5.26 Å². The number of halogens is 1. The number of nitriles is 1. The van der Waals surface area contributed by atoms with Gasteiger partial charge in [0, 0.05) is 18.2 Å². The first-order valence-electron chi connectivity index (χ1n) is 11.5. The van der Waals surface area contributed by atoms with E-state index in [9.17, 15) is 10.1 Å². The molecule has 6 nitrogen and oxygen atoms in total. The molecule has 7 heteroatoms. The maximum Gasteiger partial charge on any atom is 0.262 e. The van der Waals surface area contributed by atoms with E-state index in [1.807, 2.05) is 24.3 Å². The molecule has 1 N–H and O–H groups in total. The average molecular weight is 513 g/mol. The molecule has 1 amide bonds. The predicted molar refractivity (Wildman–Crippen MR) is 145 cm³/mol. The topological polar surface area (TPSA) is 80.6 Å². The maximum atomic E-state index is 12.7. The summed E-state index contributed by atoms with van der Waals surface area (Å²) in [6, 6.07) is 26.7. The molecule has 37 heavy (non-hydrogen) atoms. The van der Waals surface area contributed by atoms with Crippen molar-refractivity contribution in [2.75, 3.05) is 14.2 Å². The lowest BCUT2D eigenvalue weighted by Crippen LogP contribution is -2.24. The lowest BCUT2D eigenvalue weighted by atomic mass is 10.1. The Balaban J connectivity index is 1.41. The molecule has 0 aliphatic heterocycles. The van der Waals surface area contributed by atoms with Gasteiger partial charge in [0.15, 0.2) is 0 Å². The van der Waals surface area contributed by atoms with Crippen LogP contribution in [0.3, 0.4) is 0 Å². The highest BCUT2D eigenvalue weighted by Gasteiger charge is 2.12. The number of benzene rings is 4. The van der Waals surface area contributed by atoms with E-state index in [2.05, 4.69) is 29.6 Å². The van der Waals surface area contributed by atoms with Gasteiger partial charge in [-0.05, 0) is 58.3 Å². The van der Waals surface area contributed by atoms with Crippen LogP contribution in [0.2, 0.25) is 5.02 Å². The highest BCUT2D eigenvalue weighted by molar-refractivity contribution is 6.32. The molecule has 4 rings (SSSR count). The molecule has 0 aliphatic rings. The first-order valence-corrected chi connectivity index (χ1v) is 11.9. The van der Waals surface area contributed by atoms with Gasteiger partial charge < -0.3 is 19.5 Å². The van der Waals surface area contributed by atoms with Crippen LogP contribution in [-0.2, 0) is 17.9 Å². The van der Waals surface area contributed by atoms with Crippen molar-refractivity contribution < 1.29 is 19.0 Å². The van der Waals surface area contributed by atoms with Crippen LogP contribution in [0, 0.1) is 11.3 Å². The molecule has 0 saturated carbocycles. The summed E-state index contributed by atoms with van der Waals surface area (Å²) in [5, 5.41) is 15.0. The summed E-state index contributed by atoms with van der Waals surface area (Å²) in [6.07, 6.45) is 1.49. The fourth-order valence-corrected chi connectivity index (χ4v) is 4.04. The molecule has 0 heterocycles. The SMILES string of the molecule is COc1ccc(CNC(=O)/C(C#N)=C/c2ccc(OCc3ccc4ccccc4c3)c(Cl)c2)c(OC)c1. The Bertz CT molecular complexity index is 1510. The van der Waals surface area contributed by atoms with Crippen molar-refractivity contribution in [3.05, 3.63) is 106 Å². The van der Waals surface area contributed by atoms with Gasteiger partial charge in [-0.15, -0.1) is 0 Å². The summed E-state index contributed by atoms with van der Waals surface area (Å²) in [4.78, 5) is 12.7. The molecule has 0 radical (unpaired) electrons. The lowest BCUT2D eigenvalue weighted by molar-refractivity contribution is -0.117. The van der Waals surface area contributed by atoms with Crippen LogP contribution in [0.1, 0.15) is 16.7 Å². The van der Waals surface area contributed by atoms with Crippen molar-refractivity contribution in [1.82, 2.24) is 5.32 Å². The van der Waals surface area contributed by atoms with E-state index in [1.165, 1.54) is 11.5 Å². The fourth-order valence-electron chi connectivity index (χ4n) is 3.80. The number of amides is 1. The molecule has 0 atom stereocenters. The number of carbonyl (C=O) groups excluding carboxylic acids is 1. The molecule has 4 aromatic rings. The summed E-state index contributed by atoms with van der Waals surface area (Å²) in [6.45, 7) is 0.549. The monoisotopic (exact) mass is 512 g/mol. The van der Waals surface area contributed by atoms with Crippen LogP contribution in [0.25, 0.3) is 16.8 Å². The molecular weight excluding hydrogens is 488 g/mol. The zero-order valence-corrected chi connectivity index (χ0v) is 21.2. The minimum atomic E-state index is -0.506. The van der Waals surface area contributed by atoms with E-state index in [-0.39, 0.29) is 12.1 Å². The Morgan fingerprint density at radius 3 is 2.49 bits per heavy atom. The molecule has 0 spiro atoms. The summed E-state index contributed by atoms with van der Waals surface area (Å²) < 4.78 is 16.5. The standard InChI is InChI=1S/C30H25ClN2O4/c1-35-26-11-10-24(29(16-26)36-2)18-33-30(34)25(17-32)13-20-8-12-28(27(31)15-20)37-19-21-7-9-22-5-3-4-6-23(22)14-21/h3-16H,18-19H2,1-2H3,(H,33,34)/b25-13+. The molecule has 4 aromatic carbocycles. The molecule has 0 unspecified atom stereocenters. The summed E-state index contributed by atoms with van der Waals surface area (Å²) in [5.74, 6) is 1.23. The van der Waals surface area contributed by atoms with E-state index in [4.69, 9.17) is 25.8 Å². The molecule has 0 fully saturated rings. The van der Waals surface area contributed by atoms with Gasteiger partial charge in [-0.3, -0.25) is 4.79 Å². The van der Waals surface area contributed by atoms with E-state index >= 15 is 0 Å². The van der Waals surface area contributed by atoms with Crippen LogP contribution in [0.15, 0.2) is 84.4 Å². The van der Waals surface area contributed by atoms with Crippen LogP contribution in [-0.4, -0.2) is 20.1 Å². The largest absolute Gasteiger partial charge is 0.497 e. The van der Waals surface area contributed by atoms with Crippen molar-refractivity contribution in [2.45, 2.75) is 13.2 Å². The van der Waals surface area contributed by atoms with Gasteiger partial charge in [-0.25, -0.2) is 0 Å². The minimum Gasteiger partial charge on any atom is -0.497 e. The number of methoxy groups -OCH3 is 2. The van der Waals surface area contributed by atoms with Gasteiger partial charge in [-0.1, -0.05) is 54.1 Å². The molecule has 0 aliphatic carbocycles. The first-order chi connectivity index (χ1) is 18.0. The number of hydrogen-bond acceptors (Lipinski definition) is 5. The number of nitrogens with zero attached hydrogens (tertiary/aromatic N) is 1. The second-order valence-corrected chi connectivity index (χ2v) is 8.60. The molecule has 0 aromatic heterocycles. The van der Waals surface area contributed by atoms with Crippen molar-refractivity contribution in [2.24, 2.45) is 0 Å². The summed E-state index contributed by atoms with van der Waals surface area (Å²) in [7, 11) is 3.11. The van der Waals surface area contributed by atoms with Crippen molar-refractivity contribution in [3.8, 4) is 23.3 Å². The summed E-state index contributed by atoms with van der Waals surface area (Å²) >= 11 is 6.43. The van der Waals surface area contributed by atoms with Crippen molar-refractivity contribution in [3.63, 3.8) is 0 Å². The van der Waals surface area contributed by atoms with E-state index in [1.54, 1.807) is 50.6 Å². The van der Waals surface area contributed by atoms with Crippen LogP contribution < -0.4 is 19.5 Å². The third kappa shape index (κ3) is 6.40. The third-order valence-corrected chi connectivity index (χ3v) is 6.07. The van der Waals surface area contributed by atoms with Crippen molar-refractivity contribution >= 4 is 34.4 Å². The van der Waals surface area contributed by atoms with Gasteiger partial charge >= 0.3 is 0 Å². The fraction of sp³-hybridized carbons (Fsp3) is 0.133. The number of ether oxygens (including phenoxy) is 3. The minimum absolute atomic E-state index is 0.0478. The zero-order chi connectivity index (χ0) is 26.2. The van der Waals surface area contributed by atoms with Crippen LogP contribution in [0.5, 0.6) is 17.2 Å². The van der Waals surface area contributed by atoms with Gasteiger partial charge in [0.05, 0.1) is 19.2 Å². The number of fused-ring (bicyclic) bond motifs is 1. The second kappa shape index (κ2) is 12.0. The van der Waals surface area contributed by atoms with Crippen LogP contribution >= 0.6 is 11.6 Å². The maximum absolute atomic E-state index is 12.7. The van der Waals surface area contributed by atoms with E-state index in [0.717, 1.165) is 16.5 Å². The number of hydrogen-bond donors (Lipinski definition) is 1. The lowest BCUT2D eigenvalue weighted by Gasteiger charge is -2.11. The summed E-state index contributed by atoms with van der Waals surface area (Å²) in [5.41, 5.74) is 2.34. The Morgan fingerprint density at radius 1 is 0.946 bits per heavy atom. The predicted octanol–water partition coefficient (Wildman–Crippen LogP) is 6.31.